The molecule has 0 saturated carbocycles. The molecule has 0 saturated heterocycles. The van der Waals surface area contributed by atoms with Crippen LogP contribution >= 0.6 is 0 Å². The Kier molecular flexibility index (Phi) is 4.55. The predicted molar refractivity (Wildman–Crippen MR) is 73.9 cm³/mol. The first-order valence-electron chi connectivity index (χ1n) is 6.35. The van der Waals surface area contributed by atoms with E-state index in [9.17, 15) is 26.4 Å². The fourth-order valence-electron chi connectivity index (χ4n) is 1.66. The van der Waals surface area contributed by atoms with Crippen LogP contribution in [0.15, 0.2) is 33.5 Å². The maximum atomic E-state index is 12.4. The van der Waals surface area contributed by atoms with Crippen LogP contribution in [0.4, 0.5) is 13.2 Å². The van der Waals surface area contributed by atoms with Gasteiger partial charge in [0.25, 0.3) is 0 Å². The summed E-state index contributed by atoms with van der Waals surface area (Å²) in [6.45, 7) is 2.25. The van der Waals surface area contributed by atoms with Crippen molar-refractivity contribution < 1.29 is 34.9 Å². The number of fused-ring (bicyclic) bond motifs is 1. The summed E-state index contributed by atoms with van der Waals surface area (Å²) >= 11 is 0. The Morgan fingerprint density at radius 3 is 2.52 bits per heavy atom. The van der Waals surface area contributed by atoms with Crippen molar-refractivity contribution in [3.63, 3.8) is 0 Å². The van der Waals surface area contributed by atoms with Crippen LogP contribution in [0.5, 0.6) is 11.5 Å². The highest BCUT2D eigenvalue weighted by molar-refractivity contribution is 7.88. The lowest BCUT2D eigenvalue weighted by Crippen LogP contribution is -2.28. The molecule has 0 radical (unpaired) electrons. The van der Waals surface area contributed by atoms with Gasteiger partial charge in [-0.2, -0.15) is 21.6 Å². The van der Waals surface area contributed by atoms with Gasteiger partial charge in [-0.3, -0.25) is 0 Å². The SMILES string of the molecule is CCCOc1ccc2c(OS(=O)(=O)C(F)(F)F)cc(=O)oc2c1. The molecule has 0 aliphatic rings. The van der Waals surface area contributed by atoms with Gasteiger partial charge in [0.15, 0.2) is 5.75 Å². The number of hydrogen-bond donors (Lipinski definition) is 0. The predicted octanol–water partition coefficient (Wildman–Crippen LogP) is 2.81. The number of rotatable bonds is 5. The van der Waals surface area contributed by atoms with Crippen LogP contribution in [-0.4, -0.2) is 20.5 Å². The van der Waals surface area contributed by atoms with E-state index in [1.54, 1.807) is 0 Å². The minimum absolute atomic E-state index is 0.110. The first-order valence-corrected chi connectivity index (χ1v) is 7.76. The average molecular weight is 352 g/mol. The molecule has 2 aromatic rings. The van der Waals surface area contributed by atoms with Crippen molar-refractivity contribution in [2.45, 2.75) is 18.9 Å². The summed E-state index contributed by atoms with van der Waals surface area (Å²) in [6, 6.07) is 4.42. The maximum absolute atomic E-state index is 12.4. The lowest BCUT2D eigenvalue weighted by Gasteiger charge is -2.11. The van der Waals surface area contributed by atoms with Crippen molar-refractivity contribution >= 4 is 21.1 Å². The van der Waals surface area contributed by atoms with E-state index in [1.165, 1.54) is 18.2 Å². The highest BCUT2D eigenvalue weighted by Gasteiger charge is 2.48. The number of alkyl halides is 3. The third-order valence-corrected chi connectivity index (χ3v) is 3.60. The Morgan fingerprint density at radius 1 is 1.22 bits per heavy atom. The minimum atomic E-state index is -5.90. The second kappa shape index (κ2) is 6.11. The number of hydrogen-bond acceptors (Lipinski definition) is 6. The van der Waals surface area contributed by atoms with Crippen molar-refractivity contribution in [1.29, 1.82) is 0 Å². The second-order valence-electron chi connectivity index (χ2n) is 4.42. The molecular formula is C13H11F3O6S. The van der Waals surface area contributed by atoms with E-state index in [-0.39, 0.29) is 11.0 Å². The van der Waals surface area contributed by atoms with Gasteiger partial charge in [0.2, 0.25) is 0 Å². The monoisotopic (exact) mass is 352 g/mol. The van der Waals surface area contributed by atoms with Crippen LogP contribution in [0.1, 0.15) is 13.3 Å². The minimum Gasteiger partial charge on any atom is -0.493 e. The summed E-state index contributed by atoms with van der Waals surface area (Å²) < 4.78 is 73.5. The van der Waals surface area contributed by atoms with Gasteiger partial charge in [0.1, 0.15) is 11.3 Å². The molecule has 6 nitrogen and oxygen atoms in total. The van der Waals surface area contributed by atoms with Gasteiger partial charge in [-0.1, -0.05) is 6.92 Å². The summed E-state index contributed by atoms with van der Waals surface area (Å²) in [6.07, 6.45) is 0.717. The van der Waals surface area contributed by atoms with Crippen LogP contribution < -0.4 is 14.5 Å². The second-order valence-corrected chi connectivity index (χ2v) is 5.96. The van der Waals surface area contributed by atoms with Crippen molar-refractivity contribution in [1.82, 2.24) is 0 Å². The lowest BCUT2D eigenvalue weighted by molar-refractivity contribution is -0.0499. The zero-order valence-corrected chi connectivity index (χ0v) is 12.5. The van der Waals surface area contributed by atoms with Gasteiger partial charge in [-0.05, 0) is 18.6 Å². The molecule has 0 aliphatic heterocycles. The Morgan fingerprint density at radius 2 is 1.91 bits per heavy atom. The van der Waals surface area contributed by atoms with Gasteiger partial charge in [-0.15, -0.1) is 0 Å². The third kappa shape index (κ3) is 3.76. The van der Waals surface area contributed by atoms with Crippen molar-refractivity contribution in [3.8, 4) is 11.5 Å². The average Bonchev–Trinajstić information content (AvgIpc) is 2.42. The molecule has 2 rings (SSSR count). The molecule has 0 amide bonds. The van der Waals surface area contributed by atoms with E-state index in [1.807, 2.05) is 6.92 Å². The van der Waals surface area contributed by atoms with E-state index in [4.69, 9.17) is 9.15 Å². The fourth-order valence-corrected chi connectivity index (χ4v) is 2.13. The molecule has 0 aliphatic carbocycles. The number of benzene rings is 1. The Bertz CT molecular complexity index is 869. The molecule has 1 heterocycles. The molecule has 1 aromatic carbocycles. The van der Waals surface area contributed by atoms with Gasteiger partial charge in [0, 0.05) is 6.07 Å². The van der Waals surface area contributed by atoms with E-state index in [0.717, 1.165) is 6.42 Å². The molecule has 0 fully saturated rings. The highest BCUT2D eigenvalue weighted by Crippen LogP contribution is 2.32. The normalized spacial score (nSPS) is 12.3. The van der Waals surface area contributed by atoms with Crippen LogP contribution in [0, 0.1) is 0 Å². The molecule has 0 atom stereocenters. The van der Waals surface area contributed by atoms with Crippen molar-refractivity contribution in [2.24, 2.45) is 0 Å². The number of ether oxygens (including phenoxy) is 1. The molecule has 0 unspecified atom stereocenters. The standard InChI is InChI=1S/C13H11F3O6S/c1-2-5-20-8-3-4-9-10(6-8)21-12(17)7-11(9)22-23(18,19)13(14,15)16/h3-4,6-7H,2,5H2,1H3. The zero-order chi connectivity index (χ0) is 17.3. The van der Waals surface area contributed by atoms with Crippen LogP contribution in [-0.2, 0) is 10.1 Å². The van der Waals surface area contributed by atoms with E-state index >= 15 is 0 Å². The summed E-state index contributed by atoms with van der Waals surface area (Å²) in [5.74, 6) is -0.450. The smallest absolute Gasteiger partial charge is 0.493 e. The first-order chi connectivity index (χ1) is 10.6. The van der Waals surface area contributed by atoms with Crippen LogP contribution in [0.3, 0.4) is 0 Å². The summed E-state index contributed by atoms with van der Waals surface area (Å²) in [5.41, 5.74) is -6.82. The molecule has 0 bridgehead atoms. The van der Waals surface area contributed by atoms with E-state index in [2.05, 4.69) is 4.18 Å². The largest absolute Gasteiger partial charge is 0.534 e. The summed E-state index contributed by atoms with van der Waals surface area (Å²) in [4.78, 5) is 11.4. The Balaban J connectivity index is 2.51. The molecule has 0 N–H and O–H groups in total. The van der Waals surface area contributed by atoms with Crippen LogP contribution in [0.2, 0.25) is 0 Å². The van der Waals surface area contributed by atoms with Gasteiger partial charge in [0.05, 0.1) is 18.1 Å². The molecule has 126 valence electrons. The topological polar surface area (TPSA) is 82.8 Å². The fraction of sp³-hybridized carbons (Fsp3) is 0.308. The quantitative estimate of drug-likeness (QED) is 0.467. The molecule has 0 spiro atoms. The van der Waals surface area contributed by atoms with E-state index < -0.39 is 27.0 Å². The summed E-state index contributed by atoms with van der Waals surface area (Å²) in [7, 11) is -5.90. The molecule has 1 aromatic heterocycles. The van der Waals surface area contributed by atoms with E-state index in [0.29, 0.717) is 18.4 Å². The molecule has 23 heavy (non-hydrogen) atoms. The Hall–Kier alpha value is -2.23. The van der Waals surface area contributed by atoms with Gasteiger partial charge >= 0.3 is 21.3 Å². The molecular weight excluding hydrogens is 341 g/mol. The number of halogens is 3. The van der Waals surface area contributed by atoms with Crippen molar-refractivity contribution in [3.05, 3.63) is 34.7 Å². The molecule has 10 heteroatoms. The third-order valence-electron chi connectivity index (χ3n) is 2.63. The van der Waals surface area contributed by atoms with Crippen LogP contribution in [0.25, 0.3) is 11.0 Å². The zero-order valence-electron chi connectivity index (χ0n) is 11.7. The van der Waals surface area contributed by atoms with Gasteiger partial charge in [-0.25, -0.2) is 4.79 Å². The summed E-state index contributed by atoms with van der Waals surface area (Å²) in [5, 5.41) is -0.110. The highest BCUT2D eigenvalue weighted by atomic mass is 32.2. The van der Waals surface area contributed by atoms with Crippen molar-refractivity contribution in [2.75, 3.05) is 6.61 Å². The maximum Gasteiger partial charge on any atom is 0.534 e. The lowest BCUT2D eigenvalue weighted by atomic mass is 10.2. The Labute approximate surface area is 128 Å². The first kappa shape index (κ1) is 17.1. The van der Waals surface area contributed by atoms with Gasteiger partial charge < -0.3 is 13.3 Å².